The van der Waals surface area contributed by atoms with E-state index >= 15 is 0 Å². The summed E-state index contributed by atoms with van der Waals surface area (Å²) in [5, 5.41) is 0. The normalized spacial score (nSPS) is 45.3. The molecule has 1 heteroatoms. The summed E-state index contributed by atoms with van der Waals surface area (Å²) >= 11 is 0. The summed E-state index contributed by atoms with van der Waals surface area (Å²) in [4.78, 5) is 12.8. The van der Waals surface area contributed by atoms with Crippen LogP contribution in [0.5, 0.6) is 0 Å². The van der Waals surface area contributed by atoms with Crippen molar-refractivity contribution in [3.8, 4) is 0 Å². The second-order valence-corrected chi connectivity index (χ2v) is 8.93. The average molecular weight is 286 g/mol. The minimum atomic E-state index is 0.0227. The Hall–Kier alpha value is -0.850. The molecular weight excluding hydrogens is 256 g/mol. The maximum atomic E-state index is 12.8. The van der Waals surface area contributed by atoms with Crippen molar-refractivity contribution in [1.82, 2.24) is 0 Å². The highest BCUT2D eigenvalue weighted by Crippen LogP contribution is 2.62. The molecule has 3 aliphatic carbocycles. The Morgan fingerprint density at radius 2 is 1.90 bits per heavy atom. The smallest absolute Gasteiger partial charge is 0.159 e. The summed E-state index contributed by atoms with van der Waals surface area (Å²) in [5.41, 5.74) is 1.80. The zero-order chi connectivity index (χ0) is 15.5. The molecule has 0 amide bonds. The highest BCUT2D eigenvalue weighted by atomic mass is 16.1. The van der Waals surface area contributed by atoms with Crippen LogP contribution in [0.1, 0.15) is 66.2 Å². The fraction of sp³-hybridized carbons (Fsp3) is 0.750. The monoisotopic (exact) mass is 286 g/mol. The number of allylic oxidation sites excluding steroid dienone is 3. The second-order valence-electron chi connectivity index (χ2n) is 8.93. The first-order chi connectivity index (χ1) is 9.72. The van der Waals surface area contributed by atoms with Gasteiger partial charge in [-0.3, -0.25) is 4.79 Å². The van der Waals surface area contributed by atoms with Crippen molar-refractivity contribution in [3.63, 3.8) is 0 Å². The minimum absolute atomic E-state index is 0.0227. The van der Waals surface area contributed by atoms with Crippen LogP contribution in [0.2, 0.25) is 0 Å². The summed E-state index contributed by atoms with van der Waals surface area (Å²) in [6.45, 7) is 13.4. The van der Waals surface area contributed by atoms with Crippen LogP contribution >= 0.6 is 0 Å². The first kappa shape index (κ1) is 15.1. The van der Waals surface area contributed by atoms with E-state index in [4.69, 9.17) is 0 Å². The van der Waals surface area contributed by atoms with Crippen molar-refractivity contribution in [2.24, 2.45) is 28.1 Å². The molecular formula is C20H30O. The first-order valence-corrected chi connectivity index (χ1v) is 8.61. The predicted molar refractivity (Wildman–Crippen MR) is 88.0 cm³/mol. The van der Waals surface area contributed by atoms with E-state index < -0.39 is 0 Å². The first-order valence-electron chi connectivity index (χ1n) is 8.61. The quantitative estimate of drug-likeness (QED) is 0.596. The van der Waals surface area contributed by atoms with Crippen molar-refractivity contribution in [1.29, 1.82) is 0 Å². The second kappa shape index (κ2) is 4.57. The van der Waals surface area contributed by atoms with E-state index in [1.54, 1.807) is 0 Å². The molecule has 3 rings (SSSR count). The van der Waals surface area contributed by atoms with E-state index in [2.05, 4.69) is 40.3 Å². The van der Waals surface area contributed by atoms with Gasteiger partial charge in [-0.25, -0.2) is 0 Å². The van der Waals surface area contributed by atoms with Gasteiger partial charge in [-0.15, -0.1) is 6.58 Å². The van der Waals surface area contributed by atoms with E-state index in [0.29, 0.717) is 28.4 Å². The summed E-state index contributed by atoms with van der Waals surface area (Å²) in [5.74, 6) is 1.46. The number of hydrogen-bond donors (Lipinski definition) is 0. The lowest BCUT2D eigenvalue weighted by Gasteiger charge is -2.58. The Labute approximate surface area is 129 Å². The molecule has 3 aliphatic rings. The number of rotatable bonds is 1. The van der Waals surface area contributed by atoms with Crippen molar-refractivity contribution in [2.45, 2.75) is 66.2 Å². The van der Waals surface area contributed by atoms with Crippen LogP contribution in [0.4, 0.5) is 0 Å². The fourth-order valence-corrected chi connectivity index (χ4v) is 5.66. The van der Waals surface area contributed by atoms with Gasteiger partial charge >= 0.3 is 0 Å². The zero-order valence-electron chi connectivity index (χ0n) is 14.2. The Kier molecular flexibility index (Phi) is 3.28. The Morgan fingerprint density at radius 1 is 1.19 bits per heavy atom. The molecule has 0 radical (unpaired) electrons. The zero-order valence-corrected chi connectivity index (χ0v) is 14.2. The van der Waals surface area contributed by atoms with Crippen LogP contribution in [0, 0.1) is 28.1 Å². The molecule has 0 aromatic heterocycles. The van der Waals surface area contributed by atoms with Crippen molar-refractivity contribution in [3.05, 3.63) is 24.3 Å². The molecule has 0 aromatic rings. The number of Topliss-reactive ketones (excluding diaryl/α,β-unsaturated/α-hetero) is 1. The average Bonchev–Trinajstić information content (AvgIpc) is 2.41. The summed E-state index contributed by atoms with van der Waals surface area (Å²) in [6.07, 6.45) is 11.2. The standard InChI is InChI=1S/C20H30O/c1-6-19(4)11-8-15-14(13-19)16(21)12-17-18(2,3)9-7-10-20(15,17)5/h6,13,15,17H,1,7-12H2,2-5H3/t15?,17-,19-,20+/m0/s1. The molecule has 21 heavy (non-hydrogen) atoms. The summed E-state index contributed by atoms with van der Waals surface area (Å²) < 4.78 is 0. The van der Waals surface area contributed by atoms with Gasteiger partial charge in [0, 0.05) is 11.8 Å². The van der Waals surface area contributed by atoms with Crippen LogP contribution in [0.15, 0.2) is 24.3 Å². The number of fused-ring (bicyclic) bond motifs is 3. The van der Waals surface area contributed by atoms with Crippen molar-refractivity contribution < 1.29 is 4.79 Å². The van der Waals surface area contributed by atoms with Crippen LogP contribution in [0.3, 0.4) is 0 Å². The van der Waals surface area contributed by atoms with E-state index in [1.807, 2.05) is 6.08 Å². The number of hydrogen-bond acceptors (Lipinski definition) is 1. The topological polar surface area (TPSA) is 17.1 Å². The highest BCUT2D eigenvalue weighted by Gasteiger charge is 2.56. The van der Waals surface area contributed by atoms with Gasteiger partial charge in [0.2, 0.25) is 0 Å². The van der Waals surface area contributed by atoms with Gasteiger partial charge < -0.3 is 0 Å². The lowest BCUT2D eigenvalue weighted by atomic mass is 9.45. The third-order valence-corrected chi connectivity index (χ3v) is 7.08. The maximum absolute atomic E-state index is 12.8. The van der Waals surface area contributed by atoms with Crippen LogP contribution in [-0.2, 0) is 4.79 Å². The summed E-state index contributed by atoms with van der Waals surface area (Å²) in [6, 6.07) is 0. The molecule has 0 aliphatic heterocycles. The molecule has 4 atom stereocenters. The molecule has 2 fully saturated rings. The van der Waals surface area contributed by atoms with Crippen LogP contribution in [-0.4, -0.2) is 5.78 Å². The molecule has 0 bridgehead atoms. The third kappa shape index (κ3) is 2.15. The molecule has 116 valence electrons. The van der Waals surface area contributed by atoms with Crippen molar-refractivity contribution in [2.75, 3.05) is 0 Å². The Bertz CT molecular complexity index is 512. The van der Waals surface area contributed by atoms with Gasteiger partial charge in [0.25, 0.3) is 0 Å². The van der Waals surface area contributed by atoms with Crippen molar-refractivity contribution >= 4 is 5.78 Å². The molecule has 1 nitrogen and oxygen atoms in total. The number of carbonyl (C=O) groups is 1. The van der Waals surface area contributed by atoms with Gasteiger partial charge in [0.1, 0.15) is 0 Å². The third-order valence-electron chi connectivity index (χ3n) is 7.08. The molecule has 0 aromatic carbocycles. The highest BCUT2D eigenvalue weighted by molar-refractivity contribution is 5.97. The minimum Gasteiger partial charge on any atom is -0.295 e. The summed E-state index contributed by atoms with van der Waals surface area (Å²) in [7, 11) is 0. The largest absolute Gasteiger partial charge is 0.295 e. The SMILES string of the molecule is C=C[C@]1(C)C=C2C(=O)C[C@H]3C(C)(C)CCC[C@]3(C)C2CC1. The van der Waals surface area contributed by atoms with E-state index in [9.17, 15) is 4.79 Å². The lowest BCUT2D eigenvalue weighted by Crippen LogP contribution is -2.53. The van der Waals surface area contributed by atoms with Crippen LogP contribution < -0.4 is 0 Å². The number of carbonyl (C=O) groups excluding carboxylic acids is 1. The van der Waals surface area contributed by atoms with E-state index in [-0.39, 0.29) is 5.41 Å². The molecule has 2 saturated carbocycles. The Morgan fingerprint density at radius 3 is 2.57 bits per heavy atom. The lowest BCUT2D eigenvalue weighted by molar-refractivity contribution is -0.131. The van der Waals surface area contributed by atoms with Gasteiger partial charge in [-0.05, 0) is 53.9 Å². The fourth-order valence-electron chi connectivity index (χ4n) is 5.66. The predicted octanol–water partition coefficient (Wildman–Crippen LogP) is 5.32. The molecule has 0 N–H and O–H groups in total. The Balaban J connectivity index is 2.05. The molecule has 0 spiro atoms. The van der Waals surface area contributed by atoms with Gasteiger partial charge in [-0.1, -0.05) is 46.3 Å². The molecule has 0 saturated heterocycles. The van der Waals surface area contributed by atoms with E-state index in [1.165, 1.54) is 19.3 Å². The van der Waals surface area contributed by atoms with Gasteiger partial charge in [0.15, 0.2) is 5.78 Å². The van der Waals surface area contributed by atoms with Gasteiger partial charge in [-0.2, -0.15) is 0 Å². The van der Waals surface area contributed by atoms with Gasteiger partial charge in [0.05, 0.1) is 0 Å². The van der Waals surface area contributed by atoms with Crippen LogP contribution in [0.25, 0.3) is 0 Å². The molecule has 0 heterocycles. The maximum Gasteiger partial charge on any atom is 0.159 e. The van der Waals surface area contributed by atoms with E-state index in [0.717, 1.165) is 24.8 Å². The molecule has 1 unspecified atom stereocenters. The number of ketones is 1.